The molecule has 146 valence electrons. The number of aromatic nitrogens is 2. The molecular formula is C20H21N3O4S. The van der Waals surface area contributed by atoms with E-state index in [4.69, 9.17) is 9.47 Å². The van der Waals surface area contributed by atoms with Crippen LogP contribution in [0.1, 0.15) is 5.56 Å². The van der Waals surface area contributed by atoms with Crippen LogP contribution in [0.5, 0.6) is 11.5 Å². The second kappa shape index (κ2) is 9.18. The zero-order chi connectivity index (χ0) is 19.9. The first kappa shape index (κ1) is 19.6. The Hall–Kier alpha value is -3.13. The number of rotatable bonds is 8. The van der Waals surface area contributed by atoms with Gasteiger partial charge in [0.05, 0.1) is 32.1 Å². The predicted octanol–water partition coefficient (Wildman–Crippen LogP) is 2.35. The summed E-state index contributed by atoms with van der Waals surface area (Å²) in [6.07, 6.45) is 0.206. The Morgan fingerprint density at radius 1 is 1.14 bits per heavy atom. The lowest BCUT2D eigenvalue weighted by Gasteiger charge is -2.10. The van der Waals surface area contributed by atoms with Gasteiger partial charge in [0.15, 0.2) is 11.5 Å². The Morgan fingerprint density at radius 2 is 1.96 bits per heavy atom. The van der Waals surface area contributed by atoms with Crippen molar-refractivity contribution in [2.24, 2.45) is 0 Å². The van der Waals surface area contributed by atoms with Crippen molar-refractivity contribution >= 4 is 17.2 Å². The first-order chi connectivity index (χ1) is 13.6. The highest BCUT2D eigenvalue weighted by Gasteiger charge is 2.09. The fraction of sp³-hybridized carbons (Fsp3) is 0.250. The number of amides is 1. The van der Waals surface area contributed by atoms with Crippen LogP contribution >= 0.6 is 11.3 Å². The van der Waals surface area contributed by atoms with E-state index < -0.39 is 0 Å². The molecule has 0 atom stereocenters. The van der Waals surface area contributed by atoms with Gasteiger partial charge in [-0.15, -0.1) is 11.3 Å². The van der Waals surface area contributed by atoms with Gasteiger partial charge in [-0.25, -0.2) is 4.68 Å². The molecule has 2 aromatic heterocycles. The zero-order valence-corrected chi connectivity index (χ0v) is 16.5. The smallest absolute Gasteiger partial charge is 0.266 e. The van der Waals surface area contributed by atoms with Gasteiger partial charge >= 0.3 is 0 Å². The summed E-state index contributed by atoms with van der Waals surface area (Å²) in [7, 11) is 3.12. The second-order valence-electron chi connectivity index (χ2n) is 5.97. The molecule has 0 aliphatic carbocycles. The van der Waals surface area contributed by atoms with Crippen molar-refractivity contribution in [3.05, 3.63) is 63.8 Å². The number of nitrogens with zero attached hydrogens (tertiary/aromatic N) is 2. The van der Waals surface area contributed by atoms with Gasteiger partial charge in [0, 0.05) is 12.6 Å². The van der Waals surface area contributed by atoms with E-state index in [1.54, 1.807) is 43.8 Å². The summed E-state index contributed by atoms with van der Waals surface area (Å²) in [5.74, 6) is 1.05. The molecule has 7 nitrogen and oxygen atoms in total. The zero-order valence-electron chi connectivity index (χ0n) is 15.7. The molecule has 3 rings (SSSR count). The van der Waals surface area contributed by atoms with Crippen molar-refractivity contribution in [2.45, 2.75) is 13.0 Å². The maximum absolute atomic E-state index is 12.2. The number of hydrogen-bond donors (Lipinski definition) is 1. The molecule has 1 amide bonds. The third-order valence-corrected chi connectivity index (χ3v) is 4.99. The minimum Gasteiger partial charge on any atom is -0.493 e. The van der Waals surface area contributed by atoms with Crippen LogP contribution in [-0.4, -0.2) is 36.5 Å². The average molecular weight is 399 g/mol. The Kier molecular flexibility index (Phi) is 6.44. The van der Waals surface area contributed by atoms with Crippen molar-refractivity contribution in [3.63, 3.8) is 0 Å². The third kappa shape index (κ3) is 4.77. The summed E-state index contributed by atoms with van der Waals surface area (Å²) >= 11 is 1.56. The highest BCUT2D eigenvalue weighted by Crippen LogP contribution is 2.27. The molecule has 0 saturated heterocycles. The van der Waals surface area contributed by atoms with Gasteiger partial charge in [0.1, 0.15) is 5.69 Å². The molecular weight excluding hydrogens is 378 g/mol. The lowest BCUT2D eigenvalue weighted by Crippen LogP contribution is -2.32. The van der Waals surface area contributed by atoms with Crippen molar-refractivity contribution in [3.8, 4) is 22.1 Å². The minimum atomic E-state index is -0.200. The van der Waals surface area contributed by atoms with Crippen LogP contribution in [0.2, 0.25) is 0 Å². The number of carbonyl (C=O) groups excluding carboxylic acids is 1. The van der Waals surface area contributed by atoms with Crippen LogP contribution in [0.15, 0.2) is 52.6 Å². The maximum atomic E-state index is 12.2. The van der Waals surface area contributed by atoms with Gasteiger partial charge in [-0.05, 0) is 35.2 Å². The van der Waals surface area contributed by atoms with Gasteiger partial charge in [0.25, 0.3) is 5.56 Å². The van der Waals surface area contributed by atoms with Gasteiger partial charge in [-0.1, -0.05) is 12.1 Å². The van der Waals surface area contributed by atoms with E-state index >= 15 is 0 Å². The summed E-state index contributed by atoms with van der Waals surface area (Å²) in [6.45, 7) is 0.614. The molecule has 8 heteroatoms. The second-order valence-corrected chi connectivity index (χ2v) is 6.92. The molecule has 0 spiro atoms. The molecule has 1 aromatic carbocycles. The summed E-state index contributed by atoms with van der Waals surface area (Å²) in [4.78, 5) is 25.2. The third-order valence-electron chi connectivity index (χ3n) is 4.10. The van der Waals surface area contributed by atoms with Crippen LogP contribution < -0.4 is 20.3 Å². The summed E-state index contributed by atoms with van der Waals surface area (Å²) in [5, 5.41) is 9.15. The Bertz CT molecular complexity index is 999. The molecule has 0 unspecified atom stereocenters. The number of ether oxygens (including phenoxy) is 2. The highest BCUT2D eigenvalue weighted by molar-refractivity contribution is 7.13. The fourth-order valence-corrected chi connectivity index (χ4v) is 3.40. The van der Waals surface area contributed by atoms with Crippen molar-refractivity contribution in [2.75, 3.05) is 20.8 Å². The predicted molar refractivity (Wildman–Crippen MR) is 108 cm³/mol. The molecule has 1 N–H and O–H groups in total. The molecule has 0 saturated carbocycles. The normalized spacial score (nSPS) is 10.5. The van der Waals surface area contributed by atoms with E-state index in [9.17, 15) is 9.59 Å². The van der Waals surface area contributed by atoms with E-state index in [1.807, 2.05) is 23.6 Å². The van der Waals surface area contributed by atoms with Crippen LogP contribution in [0.4, 0.5) is 0 Å². The summed E-state index contributed by atoms with van der Waals surface area (Å²) in [6, 6.07) is 12.4. The molecule has 0 aliphatic heterocycles. The van der Waals surface area contributed by atoms with E-state index in [0.29, 0.717) is 24.6 Å². The van der Waals surface area contributed by atoms with E-state index in [-0.39, 0.29) is 17.9 Å². The molecule has 0 bridgehead atoms. The SMILES string of the molecule is COc1ccc(CC(=O)NCCn2nc(-c3cccs3)ccc2=O)cc1OC. The molecule has 28 heavy (non-hydrogen) atoms. The lowest BCUT2D eigenvalue weighted by atomic mass is 10.1. The van der Waals surface area contributed by atoms with E-state index in [2.05, 4.69) is 10.4 Å². The van der Waals surface area contributed by atoms with Crippen LogP contribution in [0, 0.1) is 0 Å². The van der Waals surface area contributed by atoms with Crippen LogP contribution in [0.25, 0.3) is 10.6 Å². The Balaban J connectivity index is 1.57. The quantitative estimate of drug-likeness (QED) is 0.629. The number of thiophene rings is 1. The minimum absolute atomic E-state index is 0.144. The van der Waals surface area contributed by atoms with Crippen molar-refractivity contribution in [1.29, 1.82) is 0 Å². The maximum Gasteiger partial charge on any atom is 0.266 e. The van der Waals surface area contributed by atoms with Gasteiger partial charge in [0.2, 0.25) is 5.91 Å². The number of carbonyl (C=O) groups is 1. The average Bonchev–Trinajstić information content (AvgIpc) is 3.24. The number of hydrogen-bond acceptors (Lipinski definition) is 6. The standard InChI is InChI=1S/C20H21N3O4S/c1-26-16-7-5-14(12-17(16)27-2)13-19(24)21-9-10-23-20(25)8-6-15(22-23)18-4-3-11-28-18/h3-8,11-12H,9-10,13H2,1-2H3,(H,21,24). The van der Waals surface area contributed by atoms with E-state index in [0.717, 1.165) is 16.1 Å². The molecule has 3 aromatic rings. The first-order valence-corrected chi connectivity index (χ1v) is 9.58. The van der Waals surface area contributed by atoms with Crippen molar-refractivity contribution in [1.82, 2.24) is 15.1 Å². The summed E-state index contributed by atoms with van der Waals surface area (Å²) < 4.78 is 11.8. The molecule has 0 fully saturated rings. The number of methoxy groups -OCH3 is 2. The number of nitrogens with one attached hydrogen (secondary N) is 1. The topological polar surface area (TPSA) is 82.5 Å². The Labute approximate surface area is 166 Å². The fourth-order valence-electron chi connectivity index (χ4n) is 2.70. The van der Waals surface area contributed by atoms with Gasteiger partial charge < -0.3 is 14.8 Å². The van der Waals surface area contributed by atoms with Gasteiger partial charge in [-0.3, -0.25) is 9.59 Å². The van der Waals surface area contributed by atoms with Crippen LogP contribution in [0.3, 0.4) is 0 Å². The summed E-state index contributed by atoms with van der Waals surface area (Å²) in [5.41, 5.74) is 1.35. The molecule has 2 heterocycles. The molecule has 0 radical (unpaired) electrons. The van der Waals surface area contributed by atoms with Crippen LogP contribution in [-0.2, 0) is 17.8 Å². The van der Waals surface area contributed by atoms with Crippen molar-refractivity contribution < 1.29 is 14.3 Å². The lowest BCUT2D eigenvalue weighted by molar-refractivity contribution is -0.120. The van der Waals surface area contributed by atoms with E-state index in [1.165, 1.54) is 10.7 Å². The monoisotopic (exact) mass is 399 g/mol. The highest BCUT2D eigenvalue weighted by atomic mass is 32.1. The first-order valence-electron chi connectivity index (χ1n) is 8.70. The largest absolute Gasteiger partial charge is 0.493 e. The van der Waals surface area contributed by atoms with Gasteiger partial charge in [-0.2, -0.15) is 5.10 Å². The Morgan fingerprint density at radius 3 is 2.68 bits per heavy atom. The number of benzene rings is 1. The molecule has 0 aliphatic rings.